The van der Waals surface area contributed by atoms with Gasteiger partial charge < -0.3 is 14.3 Å². The molecule has 7 heteroatoms. The van der Waals surface area contributed by atoms with Crippen molar-refractivity contribution < 1.29 is 4.79 Å². The van der Waals surface area contributed by atoms with Gasteiger partial charge in [-0.25, -0.2) is 15.0 Å². The second-order valence-electron chi connectivity index (χ2n) is 9.30. The average Bonchev–Trinajstić information content (AvgIpc) is 3.29. The summed E-state index contributed by atoms with van der Waals surface area (Å²) in [7, 11) is 0. The maximum atomic E-state index is 11.6. The molecule has 1 aromatic carbocycles. The molecule has 6 nitrogen and oxygen atoms in total. The molecule has 2 aromatic heterocycles. The van der Waals surface area contributed by atoms with Crippen LogP contribution in [0.2, 0.25) is 5.02 Å². The van der Waals surface area contributed by atoms with E-state index < -0.39 is 0 Å². The highest BCUT2D eigenvalue weighted by Crippen LogP contribution is 2.32. The summed E-state index contributed by atoms with van der Waals surface area (Å²) < 4.78 is 2.07. The van der Waals surface area contributed by atoms with Crippen LogP contribution in [0.5, 0.6) is 0 Å². The van der Waals surface area contributed by atoms with Crippen LogP contribution >= 0.6 is 11.6 Å². The standard InChI is InChI=1S/C23H28ClN5O/c1-15(30)11-17-9-10-28(13-17)20-19-21(27-22(26-20)23(2,3)4)29(14-25-19)12-16-5-7-18(24)8-6-16/h5-8,14,17H,9-13H2,1-4H3/t17-/m1/s1. The van der Waals surface area contributed by atoms with Gasteiger partial charge in [-0.3, -0.25) is 0 Å². The number of hydrogen-bond acceptors (Lipinski definition) is 5. The van der Waals surface area contributed by atoms with Gasteiger partial charge in [0.25, 0.3) is 0 Å². The Balaban J connectivity index is 1.74. The smallest absolute Gasteiger partial charge is 0.166 e. The zero-order chi connectivity index (χ0) is 21.5. The van der Waals surface area contributed by atoms with Crippen LogP contribution in [-0.4, -0.2) is 38.4 Å². The zero-order valence-corrected chi connectivity index (χ0v) is 18.8. The minimum absolute atomic E-state index is 0.184. The van der Waals surface area contributed by atoms with Crippen molar-refractivity contribution in [3.05, 3.63) is 47.0 Å². The Morgan fingerprint density at radius 3 is 2.60 bits per heavy atom. The molecule has 0 aliphatic carbocycles. The van der Waals surface area contributed by atoms with Crippen molar-refractivity contribution in [1.29, 1.82) is 0 Å². The fourth-order valence-corrected chi connectivity index (χ4v) is 4.11. The fraction of sp³-hybridized carbons (Fsp3) is 0.478. The van der Waals surface area contributed by atoms with E-state index in [0.29, 0.717) is 18.9 Å². The van der Waals surface area contributed by atoms with Gasteiger partial charge >= 0.3 is 0 Å². The number of rotatable bonds is 5. The van der Waals surface area contributed by atoms with E-state index in [1.54, 1.807) is 6.92 Å². The SMILES string of the molecule is CC(=O)C[C@H]1CCN(c2nc(C(C)(C)C)nc3c2ncn3Cc2ccc(Cl)cc2)C1. The van der Waals surface area contributed by atoms with Crippen LogP contribution < -0.4 is 4.90 Å². The summed E-state index contributed by atoms with van der Waals surface area (Å²) in [5.74, 6) is 2.31. The number of nitrogens with zero attached hydrogens (tertiary/aromatic N) is 5. The number of carbonyl (C=O) groups is 1. The highest BCUT2D eigenvalue weighted by molar-refractivity contribution is 6.30. The summed E-state index contributed by atoms with van der Waals surface area (Å²) in [4.78, 5) is 28.4. The van der Waals surface area contributed by atoms with Gasteiger partial charge in [-0.15, -0.1) is 0 Å². The first kappa shape index (κ1) is 20.8. The van der Waals surface area contributed by atoms with Crippen molar-refractivity contribution >= 4 is 34.4 Å². The summed E-state index contributed by atoms with van der Waals surface area (Å²) in [5.41, 5.74) is 2.62. The summed E-state index contributed by atoms with van der Waals surface area (Å²) in [6, 6.07) is 7.84. The molecule has 0 amide bonds. The molecule has 3 heterocycles. The molecular formula is C23H28ClN5O. The lowest BCUT2D eigenvalue weighted by Gasteiger charge is -2.22. The first-order valence-corrected chi connectivity index (χ1v) is 10.8. The van der Waals surface area contributed by atoms with Crippen molar-refractivity contribution in [3.63, 3.8) is 0 Å². The van der Waals surface area contributed by atoms with E-state index >= 15 is 0 Å². The van der Waals surface area contributed by atoms with Crippen LogP contribution in [0.1, 0.15) is 51.9 Å². The van der Waals surface area contributed by atoms with Crippen molar-refractivity contribution in [2.45, 2.75) is 52.5 Å². The molecule has 0 N–H and O–H groups in total. The van der Waals surface area contributed by atoms with E-state index in [4.69, 9.17) is 21.6 Å². The molecule has 0 bridgehead atoms. The van der Waals surface area contributed by atoms with E-state index in [0.717, 1.165) is 52.9 Å². The highest BCUT2D eigenvalue weighted by Gasteiger charge is 2.29. The van der Waals surface area contributed by atoms with Crippen LogP contribution in [0.15, 0.2) is 30.6 Å². The Morgan fingerprint density at radius 1 is 1.20 bits per heavy atom. The third kappa shape index (κ3) is 4.33. The quantitative estimate of drug-likeness (QED) is 0.596. The van der Waals surface area contributed by atoms with E-state index in [1.165, 1.54) is 0 Å². The maximum absolute atomic E-state index is 11.6. The van der Waals surface area contributed by atoms with Crippen LogP contribution in [0.4, 0.5) is 5.82 Å². The van der Waals surface area contributed by atoms with Crippen LogP contribution in [0.3, 0.4) is 0 Å². The Morgan fingerprint density at radius 2 is 1.93 bits per heavy atom. The van der Waals surface area contributed by atoms with E-state index in [-0.39, 0.29) is 11.2 Å². The third-order valence-corrected chi connectivity index (χ3v) is 5.80. The lowest BCUT2D eigenvalue weighted by Crippen LogP contribution is -2.25. The first-order chi connectivity index (χ1) is 14.2. The molecule has 1 fully saturated rings. The van der Waals surface area contributed by atoms with E-state index in [1.807, 2.05) is 30.6 Å². The van der Waals surface area contributed by atoms with Gasteiger partial charge in [0.15, 0.2) is 17.0 Å². The number of hydrogen-bond donors (Lipinski definition) is 0. The minimum atomic E-state index is -0.184. The normalized spacial score (nSPS) is 17.1. The second-order valence-corrected chi connectivity index (χ2v) is 9.74. The molecular weight excluding hydrogens is 398 g/mol. The van der Waals surface area contributed by atoms with Crippen LogP contribution in [-0.2, 0) is 16.8 Å². The van der Waals surface area contributed by atoms with Gasteiger partial charge in [0, 0.05) is 29.9 Å². The topological polar surface area (TPSA) is 63.9 Å². The molecule has 1 aliphatic rings. The third-order valence-electron chi connectivity index (χ3n) is 5.54. The molecule has 158 valence electrons. The van der Waals surface area contributed by atoms with Crippen molar-refractivity contribution in [2.24, 2.45) is 5.92 Å². The lowest BCUT2D eigenvalue weighted by atomic mass is 9.96. The molecule has 3 aromatic rings. The number of halogens is 1. The molecule has 1 saturated heterocycles. The molecule has 0 saturated carbocycles. The lowest BCUT2D eigenvalue weighted by molar-refractivity contribution is -0.117. The molecule has 0 radical (unpaired) electrons. The van der Waals surface area contributed by atoms with Crippen LogP contribution in [0, 0.1) is 5.92 Å². The number of aromatic nitrogens is 4. The Bertz CT molecular complexity index is 1070. The van der Waals surface area contributed by atoms with Crippen molar-refractivity contribution in [2.75, 3.05) is 18.0 Å². The van der Waals surface area contributed by atoms with Gasteiger partial charge in [-0.05, 0) is 37.0 Å². The Kier molecular flexibility index (Phi) is 5.53. The van der Waals surface area contributed by atoms with Crippen molar-refractivity contribution in [3.8, 4) is 0 Å². The number of Topliss-reactive ketones (excluding diaryl/α,β-unsaturated/α-hetero) is 1. The number of imidazole rings is 1. The van der Waals surface area contributed by atoms with E-state index in [2.05, 4.69) is 35.2 Å². The minimum Gasteiger partial charge on any atom is -0.354 e. The van der Waals surface area contributed by atoms with Gasteiger partial charge in [-0.1, -0.05) is 44.5 Å². The first-order valence-electron chi connectivity index (χ1n) is 10.4. The summed E-state index contributed by atoms with van der Waals surface area (Å²) in [5, 5.41) is 0.725. The zero-order valence-electron chi connectivity index (χ0n) is 18.0. The summed E-state index contributed by atoms with van der Waals surface area (Å²) in [6.07, 6.45) is 3.47. The van der Waals surface area contributed by atoms with Gasteiger partial charge in [0.05, 0.1) is 12.9 Å². The molecule has 1 atom stereocenters. The number of anilines is 1. The number of carbonyl (C=O) groups excluding carboxylic acids is 1. The fourth-order valence-electron chi connectivity index (χ4n) is 3.99. The molecule has 0 unspecified atom stereocenters. The molecule has 0 spiro atoms. The average molecular weight is 426 g/mol. The van der Waals surface area contributed by atoms with Gasteiger partial charge in [0.2, 0.25) is 0 Å². The molecule has 4 rings (SSSR count). The van der Waals surface area contributed by atoms with E-state index in [9.17, 15) is 4.79 Å². The second kappa shape index (κ2) is 7.99. The Labute approximate surface area is 182 Å². The van der Waals surface area contributed by atoms with Gasteiger partial charge in [-0.2, -0.15) is 0 Å². The number of fused-ring (bicyclic) bond motifs is 1. The molecule has 1 aliphatic heterocycles. The number of benzene rings is 1. The Hall–Kier alpha value is -2.47. The highest BCUT2D eigenvalue weighted by atomic mass is 35.5. The number of ketones is 1. The van der Waals surface area contributed by atoms with Crippen molar-refractivity contribution in [1.82, 2.24) is 19.5 Å². The predicted molar refractivity (Wildman–Crippen MR) is 120 cm³/mol. The largest absolute Gasteiger partial charge is 0.354 e. The summed E-state index contributed by atoms with van der Waals surface area (Å²) >= 11 is 6.03. The van der Waals surface area contributed by atoms with Gasteiger partial charge in [0.1, 0.15) is 11.6 Å². The monoisotopic (exact) mass is 425 g/mol. The molecule has 30 heavy (non-hydrogen) atoms. The maximum Gasteiger partial charge on any atom is 0.166 e. The summed E-state index contributed by atoms with van der Waals surface area (Å²) in [6.45, 7) is 10.4. The predicted octanol–water partition coefficient (Wildman–Crippen LogP) is 4.63. The van der Waals surface area contributed by atoms with Crippen LogP contribution in [0.25, 0.3) is 11.2 Å².